The van der Waals surface area contributed by atoms with Crippen LogP contribution >= 0.6 is 0 Å². The maximum Gasteiger partial charge on any atom is 0.407 e. The number of aryl methyl sites for hydroxylation is 1. The summed E-state index contributed by atoms with van der Waals surface area (Å²) in [4.78, 5) is 14.6. The Morgan fingerprint density at radius 1 is 1.11 bits per heavy atom. The number of carbonyl (C=O) groups is 1. The van der Waals surface area contributed by atoms with E-state index in [1.165, 1.54) is 12.1 Å². The summed E-state index contributed by atoms with van der Waals surface area (Å²) >= 11 is 0. The fraction of sp³-hybridized carbons (Fsp3) is 0.519. The Balaban J connectivity index is 1.59. The number of hydrogen-bond acceptors (Lipinski definition) is 4. The average Bonchev–Trinajstić information content (AvgIpc) is 3.36. The number of amides is 1. The number of carbonyl (C=O) groups excluding carboxylic acids is 1. The summed E-state index contributed by atoms with van der Waals surface area (Å²) in [6.07, 6.45) is -8.09. The summed E-state index contributed by atoms with van der Waals surface area (Å²) in [5, 5.41) is 12.8. The lowest BCUT2D eigenvalue weighted by Crippen LogP contribution is -2.54. The number of aliphatic hydroxyl groups is 1. The fourth-order valence-electron chi connectivity index (χ4n) is 5.09. The van der Waals surface area contributed by atoms with Crippen molar-refractivity contribution in [2.75, 3.05) is 13.2 Å². The molecule has 4 rings (SSSR count). The number of benzene rings is 2. The number of fused-ring (bicyclic) bond motifs is 1. The van der Waals surface area contributed by atoms with Crippen molar-refractivity contribution in [1.29, 1.82) is 0 Å². The number of hydrogen-bond donors (Lipinski definition) is 2. The fourth-order valence-corrected chi connectivity index (χ4v) is 5.09. The molecule has 6 atom stereocenters. The van der Waals surface area contributed by atoms with Crippen molar-refractivity contribution >= 4 is 5.91 Å². The Hall–Kier alpha value is -2.49. The molecule has 2 aliphatic heterocycles. The third kappa shape index (κ3) is 5.58. The van der Waals surface area contributed by atoms with Crippen LogP contribution in [0.15, 0.2) is 48.5 Å². The second-order valence-electron chi connectivity index (χ2n) is 10.2. The minimum Gasteiger partial charge on any atom is -0.388 e. The van der Waals surface area contributed by atoms with Gasteiger partial charge in [0.15, 0.2) is 0 Å². The number of alkyl halides is 4. The molecule has 196 valence electrons. The molecule has 0 saturated carbocycles. The number of nitrogens with one attached hydrogen (secondary N) is 1. The Morgan fingerprint density at radius 2 is 1.69 bits per heavy atom. The highest BCUT2D eigenvalue weighted by molar-refractivity contribution is 5.83. The SMILES string of the molecule is Cc1ccc(-c2ccc([C@H](NC(CC(C)C)C(=O)N3C[C@H](F)[C@H]4OC[C@H](O)[C@H]43)C(F)(F)F)cc2)cc1. The molecule has 2 saturated heterocycles. The number of rotatable bonds is 7. The Labute approximate surface area is 208 Å². The highest BCUT2D eigenvalue weighted by Gasteiger charge is 2.54. The zero-order valence-corrected chi connectivity index (χ0v) is 20.5. The van der Waals surface area contributed by atoms with Crippen LogP contribution in [0.5, 0.6) is 0 Å². The van der Waals surface area contributed by atoms with Crippen LogP contribution in [0.2, 0.25) is 0 Å². The summed E-state index contributed by atoms with van der Waals surface area (Å²) < 4.78 is 62.5. The molecule has 2 fully saturated rings. The first-order valence-corrected chi connectivity index (χ1v) is 12.2. The molecule has 0 spiro atoms. The van der Waals surface area contributed by atoms with Gasteiger partial charge in [-0.15, -0.1) is 0 Å². The molecular formula is C27H32F4N2O3. The molecule has 5 nitrogen and oxygen atoms in total. The van der Waals surface area contributed by atoms with E-state index in [9.17, 15) is 27.5 Å². The van der Waals surface area contributed by atoms with Crippen molar-refractivity contribution in [2.24, 2.45) is 5.92 Å². The first-order chi connectivity index (χ1) is 17.0. The van der Waals surface area contributed by atoms with Crippen molar-refractivity contribution in [3.05, 3.63) is 59.7 Å². The molecule has 36 heavy (non-hydrogen) atoms. The Kier molecular flexibility index (Phi) is 7.73. The maximum atomic E-state index is 14.5. The number of ether oxygens (including phenoxy) is 1. The number of aliphatic hydroxyl groups excluding tert-OH is 1. The molecular weight excluding hydrogens is 476 g/mol. The summed E-state index contributed by atoms with van der Waals surface area (Å²) in [5.74, 6) is -0.762. The molecule has 2 heterocycles. The lowest BCUT2D eigenvalue weighted by atomic mass is 9.97. The highest BCUT2D eigenvalue weighted by atomic mass is 19.4. The van der Waals surface area contributed by atoms with Gasteiger partial charge in [-0.05, 0) is 36.0 Å². The van der Waals surface area contributed by atoms with Crippen LogP contribution in [0.1, 0.15) is 37.4 Å². The van der Waals surface area contributed by atoms with E-state index < -0.39 is 48.6 Å². The molecule has 1 amide bonds. The summed E-state index contributed by atoms with van der Waals surface area (Å²) in [6.45, 7) is 5.14. The molecule has 9 heteroatoms. The van der Waals surface area contributed by atoms with E-state index in [1.54, 1.807) is 26.0 Å². The predicted octanol–water partition coefficient (Wildman–Crippen LogP) is 4.58. The molecule has 0 radical (unpaired) electrons. The smallest absolute Gasteiger partial charge is 0.388 e. The van der Waals surface area contributed by atoms with Gasteiger partial charge in [-0.3, -0.25) is 10.1 Å². The molecule has 0 aromatic heterocycles. The summed E-state index contributed by atoms with van der Waals surface area (Å²) in [5.41, 5.74) is 2.73. The van der Waals surface area contributed by atoms with Crippen LogP contribution in [0, 0.1) is 12.8 Å². The van der Waals surface area contributed by atoms with Crippen LogP contribution in [-0.2, 0) is 9.53 Å². The van der Waals surface area contributed by atoms with Crippen molar-refractivity contribution < 1.29 is 32.2 Å². The lowest BCUT2D eigenvalue weighted by molar-refractivity contribution is -0.163. The van der Waals surface area contributed by atoms with E-state index in [4.69, 9.17) is 4.74 Å². The third-order valence-corrected chi connectivity index (χ3v) is 6.89. The van der Waals surface area contributed by atoms with Crippen LogP contribution in [0.4, 0.5) is 17.6 Å². The minimum atomic E-state index is -4.67. The van der Waals surface area contributed by atoms with E-state index in [0.717, 1.165) is 21.6 Å². The van der Waals surface area contributed by atoms with E-state index in [-0.39, 0.29) is 31.1 Å². The topological polar surface area (TPSA) is 61.8 Å². The van der Waals surface area contributed by atoms with Gasteiger partial charge in [-0.2, -0.15) is 13.2 Å². The van der Waals surface area contributed by atoms with Crippen LogP contribution in [0.3, 0.4) is 0 Å². The van der Waals surface area contributed by atoms with Gasteiger partial charge in [0.2, 0.25) is 5.91 Å². The van der Waals surface area contributed by atoms with Crippen LogP contribution < -0.4 is 5.32 Å². The maximum absolute atomic E-state index is 14.5. The largest absolute Gasteiger partial charge is 0.407 e. The molecule has 2 aliphatic rings. The normalized spacial score (nSPS) is 25.8. The number of halogens is 4. The zero-order valence-electron chi connectivity index (χ0n) is 20.5. The van der Waals surface area contributed by atoms with Gasteiger partial charge in [0.05, 0.1) is 25.2 Å². The second-order valence-corrected chi connectivity index (χ2v) is 10.2. The zero-order chi connectivity index (χ0) is 26.2. The summed E-state index contributed by atoms with van der Waals surface area (Å²) in [6, 6.07) is 9.55. The van der Waals surface area contributed by atoms with E-state index in [1.807, 2.05) is 31.2 Å². The lowest BCUT2D eigenvalue weighted by Gasteiger charge is -2.33. The minimum absolute atomic E-state index is 0.0215. The number of nitrogens with zero attached hydrogens (tertiary/aromatic N) is 1. The van der Waals surface area contributed by atoms with Crippen molar-refractivity contribution in [2.45, 2.75) is 69.9 Å². The molecule has 2 aromatic carbocycles. The van der Waals surface area contributed by atoms with Crippen LogP contribution in [-0.4, -0.2) is 65.7 Å². The molecule has 2 N–H and O–H groups in total. The van der Waals surface area contributed by atoms with Gasteiger partial charge < -0.3 is 14.7 Å². The Bertz CT molecular complexity index is 1040. The quantitative estimate of drug-likeness (QED) is 0.538. The van der Waals surface area contributed by atoms with Gasteiger partial charge in [-0.25, -0.2) is 4.39 Å². The molecule has 2 aromatic rings. The highest BCUT2D eigenvalue weighted by Crippen LogP contribution is 2.36. The van der Waals surface area contributed by atoms with Crippen molar-refractivity contribution in [3.8, 4) is 11.1 Å². The second kappa shape index (κ2) is 10.5. The van der Waals surface area contributed by atoms with Gasteiger partial charge in [0.25, 0.3) is 0 Å². The van der Waals surface area contributed by atoms with Crippen LogP contribution in [0.25, 0.3) is 11.1 Å². The van der Waals surface area contributed by atoms with E-state index >= 15 is 0 Å². The first kappa shape index (κ1) is 26.6. The molecule has 1 unspecified atom stereocenters. The third-order valence-electron chi connectivity index (χ3n) is 6.89. The van der Waals surface area contributed by atoms with Crippen molar-refractivity contribution in [1.82, 2.24) is 10.2 Å². The van der Waals surface area contributed by atoms with E-state index in [0.29, 0.717) is 0 Å². The summed E-state index contributed by atoms with van der Waals surface area (Å²) in [7, 11) is 0. The Morgan fingerprint density at radius 3 is 2.25 bits per heavy atom. The van der Waals surface area contributed by atoms with Gasteiger partial charge in [0, 0.05) is 0 Å². The van der Waals surface area contributed by atoms with E-state index in [2.05, 4.69) is 5.32 Å². The van der Waals surface area contributed by atoms with Gasteiger partial charge >= 0.3 is 6.18 Å². The molecule has 0 aliphatic carbocycles. The number of likely N-dealkylation sites (tertiary alicyclic amines) is 1. The average molecular weight is 509 g/mol. The molecule has 0 bridgehead atoms. The standard InChI is InChI=1S/C27H32F4N2O3/c1-15(2)12-21(26(35)33-13-20(28)24-23(33)22(34)14-36-24)32-25(27(29,30)31)19-10-8-18(9-11-19)17-6-4-16(3)5-7-17/h4-11,15,20-25,32,34H,12-14H2,1-3H3/t20-,21?,22-,23+,24+,25-/m0/s1. The van der Waals surface area contributed by atoms with Gasteiger partial charge in [-0.1, -0.05) is 67.9 Å². The van der Waals surface area contributed by atoms with Crippen molar-refractivity contribution in [3.63, 3.8) is 0 Å². The monoisotopic (exact) mass is 508 g/mol. The first-order valence-electron chi connectivity index (χ1n) is 12.2. The predicted molar refractivity (Wildman–Crippen MR) is 128 cm³/mol. The van der Waals surface area contributed by atoms with Gasteiger partial charge in [0.1, 0.15) is 24.4 Å².